The molecule has 0 atom stereocenters. The lowest BCUT2D eigenvalue weighted by molar-refractivity contribution is -0.147. The molecule has 1 amide bonds. The number of hydrazine groups is 1. The van der Waals surface area contributed by atoms with Crippen LogP contribution >= 0.6 is 0 Å². The second kappa shape index (κ2) is 4.49. The quantitative estimate of drug-likeness (QED) is 0.584. The number of carbonyl (C=O) groups excluding carboxylic acids is 1. The maximum absolute atomic E-state index is 12.2. The summed E-state index contributed by atoms with van der Waals surface area (Å²) < 4.78 is 0. The van der Waals surface area contributed by atoms with Gasteiger partial charge in [-0.25, -0.2) is 0 Å². The molecule has 4 rings (SSSR count). The molecule has 0 aromatic rings. The highest BCUT2D eigenvalue weighted by molar-refractivity contribution is 5.77. The van der Waals surface area contributed by atoms with Crippen LogP contribution in [0.15, 0.2) is 0 Å². The van der Waals surface area contributed by atoms with Gasteiger partial charge in [-0.2, -0.15) is 0 Å². The lowest BCUT2D eigenvalue weighted by Crippen LogP contribution is -2.60. The Morgan fingerprint density at radius 2 is 1.72 bits per heavy atom. The van der Waals surface area contributed by atoms with Crippen molar-refractivity contribution in [1.29, 1.82) is 0 Å². The lowest BCUT2D eigenvalue weighted by atomic mass is 9.52. The first-order chi connectivity index (χ1) is 8.63. The van der Waals surface area contributed by atoms with Crippen molar-refractivity contribution in [2.75, 3.05) is 13.6 Å². The van der Waals surface area contributed by atoms with E-state index in [1.54, 1.807) is 0 Å². The third-order valence-electron chi connectivity index (χ3n) is 5.57. The molecule has 0 unspecified atom stereocenters. The highest BCUT2D eigenvalue weighted by atomic mass is 16.2. The minimum Gasteiger partial charge on any atom is -0.340 e. The first-order valence-electron chi connectivity index (χ1n) is 7.33. The van der Waals surface area contributed by atoms with Gasteiger partial charge in [0.1, 0.15) is 0 Å². The molecular formula is C14H25N3O. The fourth-order valence-electron chi connectivity index (χ4n) is 5.09. The van der Waals surface area contributed by atoms with Crippen LogP contribution in [0.5, 0.6) is 0 Å². The Hall–Kier alpha value is -0.610. The fourth-order valence-corrected chi connectivity index (χ4v) is 5.09. The van der Waals surface area contributed by atoms with E-state index in [4.69, 9.17) is 5.84 Å². The Bertz CT molecular complexity index is 307. The van der Waals surface area contributed by atoms with E-state index in [1.165, 1.54) is 38.5 Å². The molecular weight excluding hydrogens is 226 g/mol. The molecule has 0 saturated heterocycles. The fraction of sp³-hybridized carbons (Fsp3) is 0.929. The standard InChI is InChI=1S/C14H25N3O/c1-17(13(18)2-3-16-15)14-7-10-4-11(8-14)6-12(5-10)9-14/h10-12,16H,2-9,15H2,1H3. The Labute approximate surface area is 109 Å². The van der Waals surface area contributed by atoms with E-state index >= 15 is 0 Å². The molecule has 4 heteroatoms. The largest absolute Gasteiger partial charge is 0.340 e. The molecule has 0 aliphatic heterocycles. The van der Waals surface area contributed by atoms with E-state index in [0.29, 0.717) is 13.0 Å². The highest BCUT2D eigenvalue weighted by Gasteiger charge is 2.53. The van der Waals surface area contributed by atoms with Gasteiger partial charge >= 0.3 is 0 Å². The number of nitrogens with zero attached hydrogens (tertiary/aromatic N) is 1. The molecule has 4 aliphatic rings. The van der Waals surface area contributed by atoms with E-state index < -0.39 is 0 Å². The van der Waals surface area contributed by atoms with Crippen molar-refractivity contribution in [2.24, 2.45) is 23.6 Å². The van der Waals surface area contributed by atoms with Crippen molar-refractivity contribution in [3.63, 3.8) is 0 Å². The van der Waals surface area contributed by atoms with E-state index in [0.717, 1.165) is 17.8 Å². The predicted octanol–water partition coefficient (Wildman–Crippen LogP) is 1.27. The van der Waals surface area contributed by atoms with Gasteiger partial charge in [-0.3, -0.25) is 16.1 Å². The van der Waals surface area contributed by atoms with Crippen molar-refractivity contribution in [3.8, 4) is 0 Å². The van der Waals surface area contributed by atoms with Crippen molar-refractivity contribution < 1.29 is 4.79 Å². The molecule has 0 aromatic carbocycles. The third kappa shape index (κ3) is 1.95. The Morgan fingerprint density at radius 3 is 2.17 bits per heavy atom. The highest BCUT2D eigenvalue weighted by Crippen LogP contribution is 2.57. The van der Waals surface area contributed by atoms with E-state index in [-0.39, 0.29) is 11.4 Å². The Kier molecular flexibility index (Phi) is 3.10. The van der Waals surface area contributed by atoms with Crippen molar-refractivity contribution in [1.82, 2.24) is 10.3 Å². The molecule has 18 heavy (non-hydrogen) atoms. The second-order valence-electron chi connectivity index (χ2n) is 6.80. The van der Waals surface area contributed by atoms with E-state index in [2.05, 4.69) is 10.3 Å². The van der Waals surface area contributed by atoms with Gasteiger partial charge < -0.3 is 4.90 Å². The summed E-state index contributed by atoms with van der Waals surface area (Å²) in [6.45, 7) is 0.579. The second-order valence-corrected chi connectivity index (χ2v) is 6.80. The van der Waals surface area contributed by atoms with Gasteiger partial charge in [0.05, 0.1) is 0 Å². The molecule has 0 spiro atoms. The monoisotopic (exact) mass is 251 g/mol. The van der Waals surface area contributed by atoms with Crippen LogP contribution < -0.4 is 11.3 Å². The first-order valence-corrected chi connectivity index (χ1v) is 7.33. The van der Waals surface area contributed by atoms with Crippen LogP contribution in [0.25, 0.3) is 0 Å². The van der Waals surface area contributed by atoms with E-state index in [1.807, 2.05) is 7.05 Å². The average molecular weight is 251 g/mol. The summed E-state index contributed by atoms with van der Waals surface area (Å²) in [5, 5.41) is 0. The SMILES string of the molecule is CN(C(=O)CCNN)C12CC3CC(CC(C3)C1)C2. The predicted molar refractivity (Wildman–Crippen MR) is 70.5 cm³/mol. The number of hydrogen-bond donors (Lipinski definition) is 2. The van der Waals surface area contributed by atoms with Crippen molar-refractivity contribution in [3.05, 3.63) is 0 Å². The number of rotatable bonds is 4. The maximum Gasteiger partial charge on any atom is 0.224 e. The molecule has 0 radical (unpaired) electrons. The maximum atomic E-state index is 12.2. The number of nitrogens with one attached hydrogen (secondary N) is 1. The molecule has 3 N–H and O–H groups in total. The van der Waals surface area contributed by atoms with Gasteiger partial charge in [-0.1, -0.05) is 0 Å². The summed E-state index contributed by atoms with van der Waals surface area (Å²) in [6.07, 6.45) is 8.53. The lowest BCUT2D eigenvalue weighted by Gasteiger charge is -2.59. The van der Waals surface area contributed by atoms with Crippen LogP contribution in [0.4, 0.5) is 0 Å². The normalized spacial score (nSPS) is 41.1. The summed E-state index contributed by atoms with van der Waals surface area (Å²) >= 11 is 0. The van der Waals surface area contributed by atoms with Crippen LogP contribution in [-0.4, -0.2) is 29.9 Å². The summed E-state index contributed by atoms with van der Waals surface area (Å²) in [7, 11) is 2.02. The summed E-state index contributed by atoms with van der Waals surface area (Å²) in [5.74, 6) is 8.19. The summed E-state index contributed by atoms with van der Waals surface area (Å²) in [5.41, 5.74) is 2.77. The first kappa shape index (κ1) is 12.4. The van der Waals surface area contributed by atoms with Crippen molar-refractivity contribution in [2.45, 2.75) is 50.5 Å². The van der Waals surface area contributed by atoms with Gasteiger partial charge in [-0.15, -0.1) is 0 Å². The van der Waals surface area contributed by atoms with Gasteiger partial charge in [-0.05, 0) is 56.3 Å². The molecule has 4 saturated carbocycles. The Balaban J connectivity index is 1.72. The van der Waals surface area contributed by atoms with Crippen LogP contribution in [0.2, 0.25) is 0 Å². The zero-order valence-electron chi connectivity index (χ0n) is 11.3. The topological polar surface area (TPSA) is 58.4 Å². The molecule has 4 aliphatic carbocycles. The van der Waals surface area contributed by atoms with E-state index in [9.17, 15) is 4.79 Å². The average Bonchev–Trinajstić information content (AvgIpc) is 2.33. The molecule has 4 fully saturated rings. The smallest absolute Gasteiger partial charge is 0.224 e. The van der Waals surface area contributed by atoms with Crippen LogP contribution in [0.3, 0.4) is 0 Å². The number of amides is 1. The van der Waals surface area contributed by atoms with Crippen molar-refractivity contribution >= 4 is 5.91 Å². The minimum atomic E-state index is 0.195. The van der Waals surface area contributed by atoms with Gasteiger partial charge in [0.25, 0.3) is 0 Å². The number of nitrogens with two attached hydrogens (primary N) is 1. The van der Waals surface area contributed by atoms with Crippen LogP contribution in [0.1, 0.15) is 44.9 Å². The van der Waals surface area contributed by atoms with Crippen LogP contribution in [-0.2, 0) is 4.79 Å². The third-order valence-corrected chi connectivity index (χ3v) is 5.57. The zero-order chi connectivity index (χ0) is 12.8. The Morgan fingerprint density at radius 1 is 1.22 bits per heavy atom. The number of carbonyl (C=O) groups is 1. The molecule has 4 nitrogen and oxygen atoms in total. The zero-order valence-corrected chi connectivity index (χ0v) is 11.3. The molecule has 0 aromatic heterocycles. The number of hydrogen-bond acceptors (Lipinski definition) is 3. The molecule has 102 valence electrons. The molecule has 4 bridgehead atoms. The van der Waals surface area contributed by atoms with Gasteiger partial charge in [0, 0.05) is 25.6 Å². The van der Waals surface area contributed by atoms with Crippen LogP contribution in [0, 0.1) is 17.8 Å². The molecule has 0 heterocycles. The summed E-state index contributed by atoms with van der Waals surface area (Å²) in [4.78, 5) is 14.3. The summed E-state index contributed by atoms with van der Waals surface area (Å²) in [6, 6.07) is 0. The van der Waals surface area contributed by atoms with Gasteiger partial charge in [0.15, 0.2) is 0 Å². The minimum absolute atomic E-state index is 0.195. The van der Waals surface area contributed by atoms with Gasteiger partial charge in [0.2, 0.25) is 5.91 Å².